The van der Waals surface area contributed by atoms with E-state index in [1.54, 1.807) is 38.4 Å². The maximum Gasteiger partial charge on any atom is 0.416 e. The van der Waals surface area contributed by atoms with Gasteiger partial charge in [0.1, 0.15) is 5.82 Å². The fourth-order valence-corrected chi connectivity index (χ4v) is 3.35. The Morgan fingerprint density at radius 1 is 1.19 bits per heavy atom. The number of aromatic nitrogens is 5. The minimum Gasteiger partial charge on any atom is -0.342 e. The maximum absolute atomic E-state index is 13.4. The van der Waals surface area contributed by atoms with Gasteiger partial charge in [-0.1, -0.05) is 6.92 Å². The van der Waals surface area contributed by atoms with Crippen molar-refractivity contribution in [2.24, 2.45) is 0 Å². The molecule has 2 aromatic heterocycles. The predicted molar refractivity (Wildman–Crippen MR) is 106 cm³/mol. The monoisotopic (exact) mass is 430 g/mol. The van der Waals surface area contributed by atoms with E-state index in [0.717, 1.165) is 25.0 Å². The molecule has 1 N–H and O–H groups in total. The molecule has 0 bridgehead atoms. The molecule has 0 aliphatic heterocycles. The lowest BCUT2D eigenvalue weighted by Crippen LogP contribution is -2.29. The average Bonchev–Trinajstić information content (AvgIpc) is 3.36. The van der Waals surface area contributed by atoms with Crippen molar-refractivity contribution in [3.8, 4) is 5.95 Å². The normalized spacial score (nSPS) is 16.1. The number of halogens is 3. The Balaban J connectivity index is 1.64. The number of carbonyl (C=O) groups excluding carboxylic acids is 1. The Bertz CT molecular complexity index is 1100. The Labute approximate surface area is 176 Å². The summed E-state index contributed by atoms with van der Waals surface area (Å²) in [5, 5.41) is 6.99. The van der Waals surface area contributed by atoms with E-state index < -0.39 is 23.7 Å². The lowest BCUT2D eigenvalue weighted by Gasteiger charge is -2.17. The Morgan fingerprint density at radius 3 is 2.48 bits per heavy atom. The van der Waals surface area contributed by atoms with Crippen molar-refractivity contribution in [2.75, 3.05) is 0 Å². The van der Waals surface area contributed by atoms with Crippen molar-refractivity contribution >= 4 is 5.91 Å². The van der Waals surface area contributed by atoms with Crippen molar-refractivity contribution in [1.29, 1.82) is 0 Å². The van der Waals surface area contributed by atoms with Crippen LogP contribution in [-0.4, -0.2) is 30.6 Å². The summed E-state index contributed by atoms with van der Waals surface area (Å²) in [6, 6.07) is 4.57. The van der Waals surface area contributed by atoms with Crippen molar-refractivity contribution < 1.29 is 18.0 Å². The molecule has 2 heterocycles. The molecule has 1 atom stereocenters. The largest absolute Gasteiger partial charge is 0.416 e. The Hall–Kier alpha value is -3.30. The summed E-state index contributed by atoms with van der Waals surface area (Å²) in [5.41, 5.74) is -0.655. The van der Waals surface area contributed by atoms with Crippen LogP contribution in [0, 0.1) is 6.92 Å². The molecule has 162 valence electrons. The summed E-state index contributed by atoms with van der Waals surface area (Å²) in [7, 11) is 0. The molecule has 3 aromatic rings. The van der Waals surface area contributed by atoms with Gasteiger partial charge in [-0.05, 0) is 61.9 Å². The highest BCUT2D eigenvalue weighted by molar-refractivity contribution is 5.95. The molecule has 1 aromatic carbocycles. The molecular weight excluding hydrogens is 409 g/mol. The number of hydrogen-bond acceptors (Lipinski definition) is 5. The van der Waals surface area contributed by atoms with Crippen LogP contribution in [-0.2, 0) is 11.6 Å². The van der Waals surface area contributed by atoms with Crippen LogP contribution in [0.4, 0.5) is 13.2 Å². The van der Waals surface area contributed by atoms with Crippen LogP contribution in [0.1, 0.15) is 65.9 Å². The molecule has 1 unspecified atom stereocenters. The van der Waals surface area contributed by atoms with Crippen molar-refractivity contribution in [3.63, 3.8) is 0 Å². The van der Waals surface area contributed by atoms with Crippen LogP contribution in [0.25, 0.3) is 5.95 Å². The predicted octanol–water partition coefficient (Wildman–Crippen LogP) is 3.93. The third kappa shape index (κ3) is 4.28. The van der Waals surface area contributed by atoms with E-state index >= 15 is 0 Å². The van der Waals surface area contributed by atoms with Gasteiger partial charge >= 0.3 is 6.18 Å². The molecule has 7 nitrogen and oxygen atoms in total. The van der Waals surface area contributed by atoms with Crippen molar-refractivity contribution in [2.45, 2.75) is 51.2 Å². The number of amides is 1. The Kier molecular flexibility index (Phi) is 5.03. The molecule has 1 aliphatic rings. The highest BCUT2D eigenvalue weighted by Gasteiger charge is 2.41. The molecule has 4 rings (SSSR count). The van der Waals surface area contributed by atoms with Gasteiger partial charge in [0.2, 0.25) is 0 Å². The summed E-state index contributed by atoms with van der Waals surface area (Å²) in [5.74, 6) is 0.484. The molecule has 1 saturated carbocycles. The van der Waals surface area contributed by atoms with Gasteiger partial charge in [-0.3, -0.25) is 4.79 Å². The average molecular weight is 430 g/mol. The summed E-state index contributed by atoms with van der Waals surface area (Å²) in [4.78, 5) is 25.5. The van der Waals surface area contributed by atoms with E-state index in [1.807, 2.05) is 6.92 Å². The van der Waals surface area contributed by atoms with Crippen LogP contribution in [0.3, 0.4) is 0 Å². The smallest absolute Gasteiger partial charge is 0.342 e. The van der Waals surface area contributed by atoms with Gasteiger partial charge in [-0.15, -0.1) is 5.10 Å². The van der Waals surface area contributed by atoms with E-state index in [-0.39, 0.29) is 16.9 Å². The van der Waals surface area contributed by atoms with E-state index in [4.69, 9.17) is 0 Å². The zero-order chi connectivity index (χ0) is 22.4. The molecule has 1 fully saturated rings. The highest BCUT2D eigenvalue weighted by atomic mass is 19.4. The van der Waals surface area contributed by atoms with E-state index in [0.29, 0.717) is 17.2 Å². The number of nitrogens with zero attached hydrogens (tertiary/aromatic N) is 5. The minimum atomic E-state index is -4.54. The van der Waals surface area contributed by atoms with Crippen LogP contribution >= 0.6 is 0 Å². The molecule has 1 aliphatic carbocycles. The quantitative estimate of drug-likeness (QED) is 0.663. The van der Waals surface area contributed by atoms with E-state index in [9.17, 15) is 18.0 Å². The molecule has 0 spiro atoms. The molecule has 1 amide bonds. The van der Waals surface area contributed by atoms with E-state index in [1.165, 1.54) is 4.68 Å². The maximum atomic E-state index is 13.4. The van der Waals surface area contributed by atoms with Crippen molar-refractivity contribution in [3.05, 3.63) is 65.0 Å². The van der Waals surface area contributed by atoms with Gasteiger partial charge in [-0.25, -0.2) is 15.0 Å². The standard InChI is InChI=1S/C21H21F3N6O/c1-12(17-28-13(2)29-30(17)19-25-7-4-8-26-19)27-18(31)14-9-15(20(3)5-6-20)11-16(10-14)21(22,23)24/h4,7-12H,5-6H2,1-3H3,(H,27,31). The third-order valence-corrected chi connectivity index (χ3v) is 5.43. The van der Waals surface area contributed by atoms with Gasteiger partial charge in [0.05, 0.1) is 11.6 Å². The van der Waals surface area contributed by atoms with Crippen LogP contribution in [0.2, 0.25) is 0 Å². The minimum absolute atomic E-state index is 0.0384. The van der Waals surface area contributed by atoms with Crippen LogP contribution < -0.4 is 5.32 Å². The molecule has 0 saturated heterocycles. The molecule has 0 radical (unpaired) electrons. The second-order valence-electron chi connectivity index (χ2n) is 8.03. The van der Waals surface area contributed by atoms with Gasteiger partial charge in [0.15, 0.2) is 5.82 Å². The number of alkyl halides is 3. The molecule has 10 heteroatoms. The first-order chi connectivity index (χ1) is 14.6. The van der Waals surface area contributed by atoms with Crippen LogP contribution in [0.15, 0.2) is 36.7 Å². The van der Waals surface area contributed by atoms with E-state index in [2.05, 4.69) is 25.4 Å². The number of rotatable bonds is 5. The van der Waals surface area contributed by atoms with Crippen LogP contribution in [0.5, 0.6) is 0 Å². The van der Waals surface area contributed by atoms with Gasteiger partial charge in [0, 0.05) is 18.0 Å². The molecular formula is C21H21F3N6O. The first-order valence-electron chi connectivity index (χ1n) is 9.81. The summed E-state index contributed by atoms with van der Waals surface area (Å²) >= 11 is 0. The second kappa shape index (κ2) is 7.44. The summed E-state index contributed by atoms with van der Waals surface area (Å²) < 4.78 is 41.7. The van der Waals surface area contributed by atoms with Gasteiger partial charge in [0.25, 0.3) is 11.9 Å². The number of nitrogens with one attached hydrogen (secondary N) is 1. The number of carbonyl (C=O) groups is 1. The second-order valence-corrected chi connectivity index (χ2v) is 8.03. The lowest BCUT2D eigenvalue weighted by atomic mass is 9.93. The zero-order valence-corrected chi connectivity index (χ0v) is 17.2. The third-order valence-electron chi connectivity index (χ3n) is 5.43. The number of hydrogen-bond donors (Lipinski definition) is 1. The Morgan fingerprint density at radius 2 is 1.87 bits per heavy atom. The SMILES string of the molecule is Cc1nc(C(C)NC(=O)c2cc(C(F)(F)F)cc(C3(C)CC3)c2)n(-c2ncccn2)n1. The zero-order valence-electron chi connectivity index (χ0n) is 17.2. The first-order valence-corrected chi connectivity index (χ1v) is 9.81. The summed E-state index contributed by atoms with van der Waals surface area (Å²) in [6.07, 6.45) is 0.157. The lowest BCUT2D eigenvalue weighted by molar-refractivity contribution is -0.137. The fraction of sp³-hybridized carbons (Fsp3) is 0.381. The van der Waals surface area contributed by atoms with Crippen molar-refractivity contribution in [1.82, 2.24) is 30.0 Å². The van der Waals surface area contributed by atoms with Gasteiger partial charge < -0.3 is 5.32 Å². The number of benzene rings is 1. The highest BCUT2D eigenvalue weighted by Crippen LogP contribution is 2.48. The number of aryl methyl sites for hydroxylation is 1. The summed E-state index contributed by atoms with van der Waals surface area (Å²) in [6.45, 7) is 5.27. The topological polar surface area (TPSA) is 85.6 Å². The molecule has 31 heavy (non-hydrogen) atoms. The fourth-order valence-electron chi connectivity index (χ4n) is 3.35. The first kappa shape index (κ1) is 21.0. The van der Waals surface area contributed by atoms with Gasteiger partial charge in [-0.2, -0.15) is 17.9 Å².